The molecule has 1 N–H and O–H groups in total. The summed E-state index contributed by atoms with van der Waals surface area (Å²) in [7, 11) is 0. The first kappa shape index (κ1) is 14.9. The van der Waals surface area contributed by atoms with E-state index in [9.17, 15) is 9.59 Å². The van der Waals surface area contributed by atoms with E-state index in [0.29, 0.717) is 12.0 Å². The molecule has 1 atom stereocenters. The Morgan fingerprint density at radius 3 is 2.19 bits per heavy atom. The lowest BCUT2D eigenvalue weighted by Crippen LogP contribution is -2.32. The fourth-order valence-corrected chi connectivity index (χ4v) is 1.72. The Morgan fingerprint density at radius 1 is 1.31 bits per heavy atom. The van der Waals surface area contributed by atoms with Crippen molar-refractivity contribution < 1.29 is 9.59 Å². The standard InChI is InChI=1S/C13H23NO2/c1-9(2)12(16)14-11(15)7-10(3)8-13(4,5)6/h10H,1,7-8H2,2-6H3,(H,14,15,16). The van der Waals surface area contributed by atoms with Crippen molar-refractivity contribution in [1.82, 2.24) is 5.32 Å². The van der Waals surface area contributed by atoms with Crippen LogP contribution in [0.1, 0.15) is 47.5 Å². The summed E-state index contributed by atoms with van der Waals surface area (Å²) in [6.45, 7) is 13.5. The second-order valence-corrected chi connectivity index (χ2v) is 5.73. The van der Waals surface area contributed by atoms with Crippen molar-refractivity contribution in [3.05, 3.63) is 12.2 Å². The van der Waals surface area contributed by atoms with Gasteiger partial charge in [0.15, 0.2) is 0 Å². The summed E-state index contributed by atoms with van der Waals surface area (Å²) < 4.78 is 0. The minimum absolute atomic E-state index is 0.206. The predicted octanol–water partition coefficient (Wildman–Crippen LogP) is 2.67. The molecule has 0 bridgehead atoms. The van der Waals surface area contributed by atoms with Gasteiger partial charge in [0.1, 0.15) is 0 Å². The summed E-state index contributed by atoms with van der Waals surface area (Å²) in [6.07, 6.45) is 1.35. The van der Waals surface area contributed by atoms with Crippen LogP contribution in [0.15, 0.2) is 12.2 Å². The van der Waals surface area contributed by atoms with Crippen LogP contribution in [0.5, 0.6) is 0 Å². The number of amides is 2. The maximum atomic E-state index is 11.5. The van der Waals surface area contributed by atoms with Gasteiger partial charge in [-0.05, 0) is 24.7 Å². The molecule has 0 spiro atoms. The van der Waals surface area contributed by atoms with Crippen LogP contribution in [0.2, 0.25) is 0 Å². The molecule has 0 fully saturated rings. The van der Waals surface area contributed by atoms with Gasteiger partial charge in [0, 0.05) is 12.0 Å². The highest BCUT2D eigenvalue weighted by molar-refractivity contribution is 6.03. The predicted molar refractivity (Wildman–Crippen MR) is 65.8 cm³/mol. The molecule has 0 rings (SSSR count). The molecule has 0 saturated carbocycles. The minimum atomic E-state index is -0.382. The molecule has 0 heterocycles. The quantitative estimate of drug-likeness (QED) is 0.748. The molecular weight excluding hydrogens is 202 g/mol. The Balaban J connectivity index is 4.06. The van der Waals surface area contributed by atoms with Gasteiger partial charge in [-0.2, -0.15) is 0 Å². The molecule has 0 aromatic carbocycles. The summed E-state index contributed by atoms with van der Waals surface area (Å²) in [6, 6.07) is 0. The van der Waals surface area contributed by atoms with E-state index in [1.54, 1.807) is 6.92 Å². The van der Waals surface area contributed by atoms with Crippen molar-refractivity contribution in [3.8, 4) is 0 Å². The van der Waals surface area contributed by atoms with Gasteiger partial charge in [-0.3, -0.25) is 14.9 Å². The zero-order chi connectivity index (χ0) is 12.9. The topological polar surface area (TPSA) is 46.2 Å². The van der Waals surface area contributed by atoms with Crippen molar-refractivity contribution in [3.63, 3.8) is 0 Å². The van der Waals surface area contributed by atoms with E-state index in [2.05, 4.69) is 32.7 Å². The first-order valence-electron chi connectivity index (χ1n) is 5.61. The molecule has 92 valence electrons. The van der Waals surface area contributed by atoms with Gasteiger partial charge in [0.05, 0.1) is 0 Å². The van der Waals surface area contributed by atoms with Crippen LogP contribution >= 0.6 is 0 Å². The number of hydrogen-bond acceptors (Lipinski definition) is 2. The van der Waals surface area contributed by atoms with Crippen LogP contribution in [-0.2, 0) is 9.59 Å². The van der Waals surface area contributed by atoms with E-state index in [-0.39, 0.29) is 23.1 Å². The SMILES string of the molecule is C=C(C)C(=O)NC(=O)CC(C)CC(C)(C)C. The number of hydrogen-bond donors (Lipinski definition) is 1. The zero-order valence-electron chi connectivity index (χ0n) is 11.0. The molecule has 2 amide bonds. The van der Waals surface area contributed by atoms with Gasteiger partial charge in [0.25, 0.3) is 5.91 Å². The van der Waals surface area contributed by atoms with E-state index in [1.807, 2.05) is 6.92 Å². The fourth-order valence-electron chi connectivity index (χ4n) is 1.72. The van der Waals surface area contributed by atoms with Gasteiger partial charge in [0.2, 0.25) is 5.91 Å². The van der Waals surface area contributed by atoms with E-state index < -0.39 is 0 Å². The van der Waals surface area contributed by atoms with Crippen LogP contribution in [0.4, 0.5) is 0 Å². The highest BCUT2D eigenvalue weighted by Crippen LogP contribution is 2.25. The largest absolute Gasteiger partial charge is 0.293 e. The summed E-state index contributed by atoms with van der Waals surface area (Å²) in [5, 5.41) is 2.32. The van der Waals surface area contributed by atoms with Crippen LogP contribution in [0.25, 0.3) is 0 Å². The second kappa shape index (κ2) is 5.83. The molecule has 16 heavy (non-hydrogen) atoms. The molecule has 1 unspecified atom stereocenters. The molecule has 0 saturated heterocycles. The Bertz CT molecular complexity index is 287. The van der Waals surface area contributed by atoms with Crippen molar-refractivity contribution in [2.75, 3.05) is 0 Å². The summed E-state index contributed by atoms with van der Waals surface area (Å²) >= 11 is 0. The Kier molecular flexibility index (Phi) is 5.42. The first-order chi connectivity index (χ1) is 7.11. The molecular formula is C13H23NO2. The van der Waals surface area contributed by atoms with Crippen molar-refractivity contribution in [2.24, 2.45) is 11.3 Å². The average Bonchev–Trinajstić information content (AvgIpc) is 1.98. The number of rotatable bonds is 4. The van der Waals surface area contributed by atoms with E-state index >= 15 is 0 Å². The van der Waals surface area contributed by atoms with Gasteiger partial charge < -0.3 is 0 Å². The molecule has 3 heteroatoms. The lowest BCUT2D eigenvalue weighted by Gasteiger charge is -2.22. The van der Waals surface area contributed by atoms with Crippen molar-refractivity contribution in [1.29, 1.82) is 0 Å². The lowest BCUT2D eigenvalue weighted by atomic mass is 9.84. The van der Waals surface area contributed by atoms with E-state index in [4.69, 9.17) is 0 Å². The summed E-state index contributed by atoms with van der Waals surface area (Å²) in [4.78, 5) is 22.7. The molecule has 0 radical (unpaired) electrons. The highest BCUT2D eigenvalue weighted by atomic mass is 16.2. The lowest BCUT2D eigenvalue weighted by molar-refractivity contribution is -0.129. The summed E-state index contributed by atoms with van der Waals surface area (Å²) in [5.41, 5.74) is 0.565. The van der Waals surface area contributed by atoms with Gasteiger partial charge in [-0.25, -0.2) is 0 Å². The normalized spacial score (nSPS) is 13.1. The summed E-state index contributed by atoms with van der Waals surface area (Å²) in [5.74, 6) is -0.323. The number of imide groups is 1. The Labute approximate surface area is 98.3 Å². The molecule has 0 aliphatic carbocycles. The third kappa shape index (κ3) is 7.21. The third-order valence-corrected chi connectivity index (χ3v) is 2.14. The third-order valence-electron chi connectivity index (χ3n) is 2.14. The van der Waals surface area contributed by atoms with E-state index in [1.165, 1.54) is 0 Å². The first-order valence-corrected chi connectivity index (χ1v) is 5.61. The Hall–Kier alpha value is -1.12. The van der Waals surface area contributed by atoms with Crippen molar-refractivity contribution in [2.45, 2.75) is 47.5 Å². The maximum absolute atomic E-state index is 11.5. The van der Waals surface area contributed by atoms with Crippen molar-refractivity contribution >= 4 is 11.8 Å². The monoisotopic (exact) mass is 225 g/mol. The van der Waals surface area contributed by atoms with Gasteiger partial charge >= 0.3 is 0 Å². The minimum Gasteiger partial charge on any atom is -0.293 e. The van der Waals surface area contributed by atoms with Gasteiger partial charge in [-0.1, -0.05) is 34.3 Å². The highest BCUT2D eigenvalue weighted by Gasteiger charge is 2.18. The molecule has 0 aliphatic rings. The maximum Gasteiger partial charge on any atom is 0.252 e. The zero-order valence-corrected chi connectivity index (χ0v) is 11.0. The van der Waals surface area contributed by atoms with E-state index in [0.717, 1.165) is 6.42 Å². The molecule has 0 aromatic heterocycles. The van der Waals surface area contributed by atoms with Crippen LogP contribution < -0.4 is 5.32 Å². The van der Waals surface area contributed by atoms with Crippen LogP contribution in [0, 0.1) is 11.3 Å². The Morgan fingerprint density at radius 2 is 1.81 bits per heavy atom. The number of carbonyl (C=O) groups is 2. The molecule has 0 aromatic rings. The van der Waals surface area contributed by atoms with Gasteiger partial charge in [-0.15, -0.1) is 0 Å². The van der Waals surface area contributed by atoms with Crippen LogP contribution in [-0.4, -0.2) is 11.8 Å². The molecule has 0 aliphatic heterocycles. The fraction of sp³-hybridized carbons (Fsp3) is 0.692. The van der Waals surface area contributed by atoms with Crippen LogP contribution in [0.3, 0.4) is 0 Å². The smallest absolute Gasteiger partial charge is 0.252 e. The number of carbonyl (C=O) groups excluding carboxylic acids is 2. The number of nitrogens with one attached hydrogen (secondary N) is 1. The molecule has 3 nitrogen and oxygen atoms in total. The second-order valence-electron chi connectivity index (χ2n) is 5.73. The average molecular weight is 225 g/mol.